The fourth-order valence-corrected chi connectivity index (χ4v) is 3.13. The molecule has 0 bridgehead atoms. The number of pyridine rings is 1. The Kier molecular flexibility index (Phi) is 5.70. The van der Waals surface area contributed by atoms with Gasteiger partial charge in [0.2, 0.25) is 0 Å². The molecule has 1 heterocycles. The highest BCUT2D eigenvalue weighted by molar-refractivity contribution is 6.35. The molecule has 0 aliphatic heterocycles. The molecule has 5 heteroatoms. The average Bonchev–Trinajstić information content (AvgIpc) is 2.62. The van der Waals surface area contributed by atoms with E-state index < -0.39 is 0 Å². The molecule has 0 amide bonds. The second kappa shape index (κ2) is 7.98. The summed E-state index contributed by atoms with van der Waals surface area (Å²) in [6.45, 7) is 4.56. The van der Waals surface area contributed by atoms with Crippen molar-refractivity contribution < 1.29 is 4.74 Å². The van der Waals surface area contributed by atoms with Crippen LogP contribution in [0, 0.1) is 0 Å². The SMILES string of the molecule is CC(C)c1cccc(-c2cnc(N)c(OCc3c(Cl)cccc3Cl)c2)c1. The van der Waals surface area contributed by atoms with Gasteiger partial charge >= 0.3 is 0 Å². The summed E-state index contributed by atoms with van der Waals surface area (Å²) >= 11 is 12.4. The number of ether oxygens (including phenoxy) is 1. The van der Waals surface area contributed by atoms with Gasteiger partial charge in [0, 0.05) is 27.4 Å². The first-order valence-corrected chi connectivity index (χ1v) is 9.13. The Morgan fingerprint density at radius 3 is 2.38 bits per heavy atom. The van der Waals surface area contributed by atoms with Gasteiger partial charge in [-0.2, -0.15) is 0 Å². The maximum atomic E-state index is 6.20. The van der Waals surface area contributed by atoms with Gasteiger partial charge in [0.25, 0.3) is 0 Å². The Morgan fingerprint density at radius 1 is 1.00 bits per heavy atom. The molecular formula is C21H20Cl2N2O. The highest BCUT2D eigenvalue weighted by atomic mass is 35.5. The topological polar surface area (TPSA) is 48.1 Å². The van der Waals surface area contributed by atoms with Crippen LogP contribution in [-0.2, 0) is 6.61 Å². The molecule has 0 aliphatic carbocycles. The van der Waals surface area contributed by atoms with Crippen molar-refractivity contribution in [2.75, 3.05) is 5.73 Å². The summed E-state index contributed by atoms with van der Waals surface area (Å²) < 4.78 is 5.87. The Hall–Kier alpha value is -2.23. The normalized spacial score (nSPS) is 11.0. The molecule has 0 spiro atoms. The molecule has 1 aromatic heterocycles. The second-order valence-corrected chi connectivity index (χ2v) is 7.19. The predicted octanol–water partition coefficient (Wildman–Crippen LogP) is 6.34. The maximum absolute atomic E-state index is 6.20. The first-order chi connectivity index (χ1) is 12.5. The first kappa shape index (κ1) is 18.6. The highest BCUT2D eigenvalue weighted by Gasteiger charge is 2.10. The molecule has 0 aliphatic rings. The van der Waals surface area contributed by atoms with Crippen molar-refractivity contribution in [3.8, 4) is 16.9 Å². The standard InChI is InChI=1S/C21H20Cl2N2O/c1-13(2)14-5-3-6-15(9-14)16-10-20(21(24)25-11-16)26-12-17-18(22)7-4-8-19(17)23/h3-11,13H,12H2,1-2H3,(H2,24,25). The van der Waals surface area contributed by atoms with Crippen molar-refractivity contribution in [2.24, 2.45) is 0 Å². The van der Waals surface area contributed by atoms with Crippen LogP contribution in [0.5, 0.6) is 5.75 Å². The molecule has 2 aromatic carbocycles. The van der Waals surface area contributed by atoms with Crippen LogP contribution >= 0.6 is 23.2 Å². The lowest BCUT2D eigenvalue weighted by Gasteiger charge is -2.13. The van der Waals surface area contributed by atoms with Gasteiger partial charge in [-0.25, -0.2) is 4.98 Å². The summed E-state index contributed by atoms with van der Waals surface area (Å²) in [6.07, 6.45) is 1.75. The van der Waals surface area contributed by atoms with Gasteiger partial charge in [-0.05, 0) is 35.2 Å². The van der Waals surface area contributed by atoms with E-state index in [4.69, 9.17) is 33.7 Å². The fraction of sp³-hybridized carbons (Fsp3) is 0.190. The van der Waals surface area contributed by atoms with Crippen LogP contribution in [0.25, 0.3) is 11.1 Å². The van der Waals surface area contributed by atoms with Crippen LogP contribution in [0.15, 0.2) is 54.7 Å². The summed E-state index contributed by atoms with van der Waals surface area (Å²) in [5, 5.41) is 1.12. The highest BCUT2D eigenvalue weighted by Crippen LogP contribution is 2.31. The van der Waals surface area contributed by atoms with Crippen molar-refractivity contribution in [2.45, 2.75) is 26.4 Å². The van der Waals surface area contributed by atoms with Crippen LogP contribution in [0.4, 0.5) is 5.82 Å². The number of nitrogens with zero attached hydrogens (tertiary/aromatic N) is 1. The fourth-order valence-electron chi connectivity index (χ4n) is 2.63. The van der Waals surface area contributed by atoms with Crippen molar-refractivity contribution in [3.63, 3.8) is 0 Å². The van der Waals surface area contributed by atoms with E-state index in [1.807, 2.05) is 18.2 Å². The van der Waals surface area contributed by atoms with Crippen LogP contribution in [0.3, 0.4) is 0 Å². The lowest BCUT2D eigenvalue weighted by Crippen LogP contribution is -2.02. The number of hydrogen-bond donors (Lipinski definition) is 1. The quantitative estimate of drug-likeness (QED) is 0.556. The molecule has 26 heavy (non-hydrogen) atoms. The maximum Gasteiger partial charge on any atom is 0.166 e. The number of benzene rings is 2. The van der Waals surface area contributed by atoms with Crippen LogP contribution in [0.2, 0.25) is 10.0 Å². The van der Waals surface area contributed by atoms with Crippen molar-refractivity contribution in [1.82, 2.24) is 4.98 Å². The van der Waals surface area contributed by atoms with Gasteiger partial charge in [-0.1, -0.05) is 67.4 Å². The van der Waals surface area contributed by atoms with E-state index in [-0.39, 0.29) is 6.61 Å². The molecule has 0 unspecified atom stereocenters. The van der Waals surface area contributed by atoms with Crippen molar-refractivity contribution in [1.29, 1.82) is 0 Å². The third-order valence-corrected chi connectivity index (χ3v) is 4.91. The molecule has 0 saturated heterocycles. The average molecular weight is 387 g/mol. The molecular weight excluding hydrogens is 367 g/mol. The number of nitrogens with two attached hydrogens (primary N) is 1. The summed E-state index contributed by atoms with van der Waals surface area (Å²) in [5.74, 6) is 1.29. The van der Waals surface area contributed by atoms with E-state index in [0.717, 1.165) is 16.7 Å². The molecule has 3 rings (SSSR count). The van der Waals surface area contributed by atoms with Crippen molar-refractivity contribution in [3.05, 3.63) is 75.9 Å². The predicted molar refractivity (Wildman–Crippen MR) is 109 cm³/mol. The summed E-state index contributed by atoms with van der Waals surface area (Å²) in [4.78, 5) is 4.27. The van der Waals surface area contributed by atoms with Crippen LogP contribution in [0.1, 0.15) is 30.9 Å². The van der Waals surface area contributed by atoms with Gasteiger partial charge in [0.1, 0.15) is 6.61 Å². The van der Waals surface area contributed by atoms with Crippen LogP contribution in [-0.4, -0.2) is 4.98 Å². The Labute approximate surface area is 163 Å². The molecule has 0 radical (unpaired) electrons. The minimum atomic E-state index is 0.222. The minimum Gasteiger partial charge on any atom is -0.485 e. The Balaban J connectivity index is 1.87. The zero-order chi connectivity index (χ0) is 18.7. The van der Waals surface area contributed by atoms with Gasteiger partial charge in [-0.3, -0.25) is 0 Å². The number of aromatic nitrogens is 1. The van der Waals surface area contributed by atoms with Crippen molar-refractivity contribution >= 4 is 29.0 Å². The Bertz CT molecular complexity index is 905. The third-order valence-electron chi connectivity index (χ3n) is 4.20. The molecule has 2 N–H and O–H groups in total. The van der Waals surface area contributed by atoms with E-state index in [2.05, 4.69) is 31.0 Å². The zero-order valence-corrected chi connectivity index (χ0v) is 16.2. The number of hydrogen-bond acceptors (Lipinski definition) is 3. The molecule has 3 aromatic rings. The minimum absolute atomic E-state index is 0.222. The van der Waals surface area contributed by atoms with Gasteiger partial charge in [-0.15, -0.1) is 0 Å². The lowest BCUT2D eigenvalue weighted by atomic mass is 9.98. The molecule has 3 nitrogen and oxygen atoms in total. The van der Waals surface area contributed by atoms with E-state index in [1.165, 1.54) is 5.56 Å². The van der Waals surface area contributed by atoms with Gasteiger partial charge in [0.15, 0.2) is 11.6 Å². The number of anilines is 1. The van der Waals surface area contributed by atoms with Gasteiger partial charge in [0.05, 0.1) is 0 Å². The molecule has 0 saturated carbocycles. The smallest absolute Gasteiger partial charge is 0.166 e. The lowest BCUT2D eigenvalue weighted by molar-refractivity contribution is 0.307. The molecule has 0 fully saturated rings. The number of rotatable bonds is 5. The van der Waals surface area contributed by atoms with E-state index in [9.17, 15) is 0 Å². The third kappa shape index (κ3) is 4.12. The monoisotopic (exact) mass is 386 g/mol. The van der Waals surface area contributed by atoms with Gasteiger partial charge < -0.3 is 10.5 Å². The van der Waals surface area contributed by atoms with E-state index in [1.54, 1.807) is 24.4 Å². The number of halogens is 2. The second-order valence-electron chi connectivity index (χ2n) is 6.38. The molecule has 134 valence electrons. The zero-order valence-electron chi connectivity index (χ0n) is 14.7. The largest absolute Gasteiger partial charge is 0.485 e. The summed E-state index contributed by atoms with van der Waals surface area (Å²) in [6, 6.07) is 15.6. The van der Waals surface area contributed by atoms with E-state index >= 15 is 0 Å². The summed E-state index contributed by atoms with van der Waals surface area (Å²) in [5.41, 5.74) is 10.00. The summed E-state index contributed by atoms with van der Waals surface area (Å²) in [7, 11) is 0. The molecule has 0 atom stereocenters. The van der Waals surface area contributed by atoms with E-state index in [0.29, 0.717) is 27.5 Å². The number of nitrogen functional groups attached to an aromatic ring is 1. The van der Waals surface area contributed by atoms with Crippen LogP contribution < -0.4 is 10.5 Å². The Morgan fingerprint density at radius 2 is 1.69 bits per heavy atom. The first-order valence-electron chi connectivity index (χ1n) is 8.37.